The molecule has 1 aromatic rings. The van der Waals surface area contributed by atoms with Gasteiger partial charge in [-0.3, -0.25) is 0 Å². The summed E-state index contributed by atoms with van der Waals surface area (Å²) in [4.78, 5) is 4.76. The molecule has 2 heterocycles. The molecule has 0 N–H and O–H groups in total. The molecule has 0 saturated heterocycles. The van der Waals surface area contributed by atoms with Crippen LogP contribution in [0.15, 0.2) is 47.8 Å². The first-order valence-electron chi connectivity index (χ1n) is 5.84. The van der Waals surface area contributed by atoms with Crippen molar-refractivity contribution in [3.05, 3.63) is 47.8 Å². The second-order valence-electron chi connectivity index (χ2n) is 4.29. The monoisotopic (exact) mass is 212 g/mol. The lowest BCUT2D eigenvalue weighted by Crippen LogP contribution is -2.30. The zero-order valence-corrected chi connectivity index (χ0v) is 9.77. The largest absolute Gasteiger partial charge is 0.326 e. The molecule has 0 aliphatic carbocycles. The Balaban J connectivity index is 2.15. The Labute approximate surface area is 96.5 Å². The van der Waals surface area contributed by atoms with Gasteiger partial charge in [-0.05, 0) is 37.6 Å². The summed E-state index contributed by atoms with van der Waals surface area (Å²) in [6, 6.07) is 8.63. The number of hydrogen-bond acceptors (Lipinski definition) is 2. The van der Waals surface area contributed by atoms with Gasteiger partial charge in [0, 0.05) is 13.1 Å². The number of anilines is 2. The van der Waals surface area contributed by atoms with Gasteiger partial charge in [0.05, 0.1) is 11.4 Å². The van der Waals surface area contributed by atoms with E-state index >= 15 is 0 Å². The molecule has 1 aromatic carbocycles. The maximum atomic E-state index is 2.38. The third kappa shape index (κ3) is 1.19. The van der Waals surface area contributed by atoms with Crippen LogP contribution in [0.2, 0.25) is 0 Å². The van der Waals surface area contributed by atoms with Gasteiger partial charge in [-0.25, -0.2) is 0 Å². The molecule has 3 rings (SSSR count). The van der Waals surface area contributed by atoms with E-state index < -0.39 is 0 Å². The minimum Gasteiger partial charge on any atom is -0.326 e. The topological polar surface area (TPSA) is 6.48 Å². The van der Waals surface area contributed by atoms with E-state index in [-0.39, 0.29) is 0 Å². The van der Waals surface area contributed by atoms with Crippen LogP contribution < -0.4 is 9.80 Å². The van der Waals surface area contributed by atoms with Gasteiger partial charge in [0.15, 0.2) is 0 Å². The third-order valence-electron chi connectivity index (χ3n) is 3.29. The van der Waals surface area contributed by atoms with Crippen molar-refractivity contribution in [3.8, 4) is 0 Å². The normalized spacial score (nSPS) is 17.9. The van der Waals surface area contributed by atoms with Crippen molar-refractivity contribution in [3.63, 3.8) is 0 Å². The lowest BCUT2D eigenvalue weighted by molar-refractivity contribution is 0.906. The van der Waals surface area contributed by atoms with E-state index in [1.165, 1.54) is 22.8 Å². The molecule has 2 nitrogen and oxygen atoms in total. The van der Waals surface area contributed by atoms with Crippen molar-refractivity contribution < 1.29 is 0 Å². The molecular weight excluding hydrogens is 196 g/mol. The summed E-state index contributed by atoms with van der Waals surface area (Å²) >= 11 is 0. The first-order valence-corrected chi connectivity index (χ1v) is 5.84. The summed E-state index contributed by atoms with van der Waals surface area (Å²) in [7, 11) is 0. The molecular formula is C14H16N2. The van der Waals surface area contributed by atoms with Crippen molar-refractivity contribution >= 4 is 11.4 Å². The Morgan fingerprint density at radius 3 is 2.69 bits per heavy atom. The molecule has 0 saturated carbocycles. The maximum Gasteiger partial charge on any atom is 0.114 e. The van der Waals surface area contributed by atoms with Gasteiger partial charge in [0.2, 0.25) is 0 Å². The molecule has 2 heteroatoms. The fourth-order valence-electron chi connectivity index (χ4n) is 2.49. The second-order valence-corrected chi connectivity index (χ2v) is 4.29. The Morgan fingerprint density at radius 1 is 1.19 bits per heavy atom. The molecule has 2 aliphatic heterocycles. The van der Waals surface area contributed by atoms with Crippen LogP contribution in [0.1, 0.15) is 13.8 Å². The van der Waals surface area contributed by atoms with Crippen LogP contribution in [-0.4, -0.2) is 13.1 Å². The first-order chi connectivity index (χ1) is 7.81. The van der Waals surface area contributed by atoms with Crippen LogP contribution in [0.5, 0.6) is 0 Å². The summed E-state index contributed by atoms with van der Waals surface area (Å²) in [5.74, 6) is 1.32. The van der Waals surface area contributed by atoms with Crippen LogP contribution in [0.4, 0.5) is 11.4 Å². The number of benzene rings is 1. The highest BCUT2D eigenvalue weighted by Crippen LogP contribution is 2.42. The van der Waals surface area contributed by atoms with Crippen molar-refractivity contribution in [1.82, 2.24) is 0 Å². The minimum absolute atomic E-state index is 0.991. The molecule has 0 atom stereocenters. The molecule has 16 heavy (non-hydrogen) atoms. The summed E-state index contributed by atoms with van der Waals surface area (Å²) in [5, 5.41) is 0. The van der Waals surface area contributed by atoms with Crippen LogP contribution in [-0.2, 0) is 0 Å². The highest BCUT2D eigenvalue weighted by Gasteiger charge is 2.30. The molecule has 82 valence electrons. The molecule has 0 unspecified atom stereocenters. The SMILES string of the molecule is CCN1C2=CC(C)=CCN2c2ccccc21. The smallest absolute Gasteiger partial charge is 0.114 e. The number of nitrogens with zero attached hydrogens (tertiary/aromatic N) is 2. The van der Waals surface area contributed by atoms with E-state index in [1.807, 2.05) is 0 Å². The fourth-order valence-corrected chi connectivity index (χ4v) is 2.49. The number of fused-ring (bicyclic) bond motifs is 3. The predicted molar refractivity (Wildman–Crippen MR) is 68.6 cm³/mol. The van der Waals surface area contributed by atoms with Crippen molar-refractivity contribution in [2.45, 2.75) is 13.8 Å². The van der Waals surface area contributed by atoms with Crippen LogP contribution in [0.25, 0.3) is 0 Å². The van der Waals surface area contributed by atoms with Gasteiger partial charge in [0.1, 0.15) is 5.82 Å². The Hall–Kier alpha value is -1.70. The molecule has 0 aromatic heterocycles. The summed E-state index contributed by atoms with van der Waals surface area (Å²) in [6.07, 6.45) is 4.55. The lowest BCUT2D eigenvalue weighted by atomic mass is 10.2. The van der Waals surface area contributed by atoms with E-state index in [4.69, 9.17) is 0 Å². The maximum absolute atomic E-state index is 2.38. The quantitative estimate of drug-likeness (QED) is 0.705. The first kappa shape index (κ1) is 9.52. The molecule has 2 aliphatic rings. The number of rotatable bonds is 1. The number of para-hydroxylation sites is 2. The van der Waals surface area contributed by atoms with Gasteiger partial charge < -0.3 is 9.80 Å². The Morgan fingerprint density at radius 2 is 1.94 bits per heavy atom. The van der Waals surface area contributed by atoms with E-state index in [0.717, 1.165) is 13.1 Å². The second kappa shape index (κ2) is 3.41. The van der Waals surface area contributed by atoms with E-state index in [1.54, 1.807) is 0 Å². The number of allylic oxidation sites excluding steroid dienone is 2. The van der Waals surface area contributed by atoms with Gasteiger partial charge >= 0.3 is 0 Å². The standard InChI is InChI=1S/C14H16N2/c1-3-15-12-6-4-5-7-13(12)16-9-8-11(2)10-14(15)16/h4-8,10H,3,9H2,1-2H3. The average Bonchev–Trinajstić information content (AvgIpc) is 2.61. The Kier molecular flexibility index (Phi) is 2.03. The highest BCUT2D eigenvalue weighted by molar-refractivity contribution is 5.83. The zero-order valence-electron chi connectivity index (χ0n) is 9.77. The summed E-state index contributed by atoms with van der Waals surface area (Å²) in [6.45, 7) is 6.38. The highest BCUT2D eigenvalue weighted by atomic mass is 15.4. The van der Waals surface area contributed by atoms with E-state index in [2.05, 4.69) is 60.1 Å². The minimum atomic E-state index is 0.991. The lowest BCUT2D eigenvalue weighted by Gasteiger charge is -2.26. The molecule has 0 spiro atoms. The van der Waals surface area contributed by atoms with Crippen molar-refractivity contribution in [2.24, 2.45) is 0 Å². The van der Waals surface area contributed by atoms with Gasteiger partial charge in [-0.1, -0.05) is 18.2 Å². The summed E-state index contributed by atoms with van der Waals surface area (Å²) in [5.41, 5.74) is 4.02. The van der Waals surface area contributed by atoms with Crippen LogP contribution in [0.3, 0.4) is 0 Å². The van der Waals surface area contributed by atoms with Crippen molar-refractivity contribution in [1.29, 1.82) is 0 Å². The van der Waals surface area contributed by atoms with Crippen LogP contribution >= 0.6 is 0 Å². The van der Waals surface area contributed by atoms with Gasteiger partial charge in [-0.15, -0.1) is 0 Å². The third-order valence-corrected chi connectivity index (χ3v) is 3.29. The molecule has 0 amide bonds. The van der Waals surface area contributed by atoms with Crippen molar-refractivity contribution in [2.75, 3.05) is 22.9 Å². The summed E-state index contributed by atoms with van der Waals surface area (Å²) < 4.78 is 0. The predicted octanol–water partition coefficient (Wildman–Crippen LogP) is 3.13. The zero-order chi connectivity index (χ0) is 11.1. The molecule has 0 bridgehead atoms. The molecule has 0 fully saturated rings. The number of hydrogen-bond donors (Lipinski definition) is 0. The van der Waals surface area contributed by atoms with Gasteiger partial charge in [0.25, 0.3) is 0 Å². The van der Waals surface area contributed by atoms with Crippen LogP contribution in [0, 0.1) is 0 Å². The Bertz CT molecular complexity index is 470. The van der Waals surface area contributed by atoms with E-state index in [0.29, 0.717) is 0 Å². The van der Waals surface area contributed by atoms with E-state index in [9.17, 15) is 0 Å². The fraction of sp³-hybridized carbons (Fsp3) is 0.286. The molecule has 0 radical (unpaired) electrons. The van der Waals surface area contributed by atoms with Gasteiger partial charge in [-0.2, -0.15) is 0 Å². The average molecular weight is 212 g/mol.